The number of carbonyl (C=O) groups excluding carboxylic acids is 3. The first-order chi connectivity index (χ1) is 14.2. The zero-order valence-corrected chi connectivity index (χ0v) is 19.1. The van der Waals surface area contributed by atoms with Crippen LogP contribution in [-0.4, -0.2) is 40.6 Å². The molecule has 31 heavy (non-hydrogen) atoms. The van der Waals surface area contributed by atoms with Gasteiger partial charge in [0, 0.05) is 6.42 Å². The number of nitrogens with one attached hydrogen (secondary N) is 1. The lowest BCUT2D eigenvalue weighted by Gasteiger charge is -2.32. The van der Waals surface area contributed by atoms with E-state index in [9.17, 15) is 24.3 Å². The van der Waals surface area contributed by atoms with E-state index in [-0.39, 0.29) is 13.0 Å². The van der Waals surface area contributed by atoms with Gasteiger partial charge in [0.1, 0.15) is 12.2 Å². The number of benzene rings is 1. The van der Waals surface area contributed by atoms with Crippen molar-refractivity contribution in [3.8, 4) is 0 Å². The van der Waals surface area contributed by atoms with Crippen LogP contribution >= 0.6 is 0 Å². The second kappa shape index (κ2) is 10.9. The average molecular weight is 436 g/mol. The Kier molecular flexibility index (Phi) is 9.21. The predicted molar refractivity (Wildman–Crippen MR) is 114 cm³/mol. The van der Waals surface area contributed by atoms with Gasteiger partial charge in [-0.2, -0.15) is 0 Å². The fourth-order valence-corrected chi connectivity index (χ4v) is 2.86. The van der Waals surface area contributed by atoms with Crippen LogP contribution in [-0.2, 0) is 30.5 Å². The molecule has 172 valence electrons. The van der Waals surface area contributed by atoms with Crippen molar-refractivity contribution in [2.24, 2.45) is 11.3 Å². The van der Waals surface area contributed by atoms with Gasteiger partial charge in [-0.05, 0) is 31.7 Å². The van der Waals surface area contributed by atoms with Gasteiger partial charge in [0.25, 0.3) is 0 Å². The fourth-order valence-electron chi connectivity index (χ4n) is 2.86. The van der Waals surface area contributed by atoms with Gasteiger partial charge in [0.2, 0.25) is 0 Å². The van der Waals surface area contributed by atoms with Crippen molar-refractivity contribution in [3.63, 3.8) is 0 Å². The number of carboxylic acid groups (broad SMARTS) is 1. The lowest BCUT2D eigenvalue weighted by Crippen LogP contribution is -2.51. The van der Waals surface area contributed by atoms with Gasteiger partial charge in [-0.3, -0.25) is 14.4 Å². The number of esters is 1. The Hall–Kier alpha value is -2.90. The normalized spacial score (nSPS) is 13.6. The molecule has 0 aliphatic carbocycles. The van der Waals surface area contributed by atoms with E-state index in [0.29, 0.717) is 0 Å². The van der Waals surface area contributed by atoms with Crippen LogP contribution < -0.4 is 5.32 Å². The molecule has 0 aliphatic heterocycles. The van der Waals surface area contributed by atoms with Crippen LogP contribution in [0, 0.1) is 11.3 Å². The number of carbonyl (C=O) groups is 4. The predicted octanol–water partition coefficient (Wildman–Crippen LogP) is 3.72. The first-order valence-electron chi connectivity index (χ1n) is 10.1. The maximum atomic E-state index is 13.0. The Labute approximate surface area is 183 Å². The smallest absolute Gasteiger partial charge is 0.408 e. The lowest BCUT2D eigenvalue weighted by molar-refractivity contribution is -0.155. The number of hydrogen-bond donors (Lipinski definition) is 2. The zero-order valence-electron chi connectivity index (χ0n) is 19.1. The summed E-state index contributed by atoms with van der Waals surface area (Å²) in [6, 6.07) is 7.97. The molecule has 1 amide bonds. The molecule has 2 N–H and O–H groups in total. The van der Waals surface area contributed by atoms with Crippen molar-refractivity contribution < 1.29 is 33.8 Å². The molecule has 8 heteroatoms. The summed E-state index contributed by atoms with van der Waals surface area (Å²) < 4.78 is 10.5. The number of rotatable bonds is 9. The van der Waals surface area contributed by atoms with Crippen molar-refractivity contribution in [1.82, 2.24) is 5.32 Å². The Balaban J connectivity index is 2.90. The summed E-state index contributed by atoms with van der Waals surface area (Å²) in [7, 11) is 0. The van der Waals surface area contributed by atoms with Crippen LogP contribution in [0.1, 0.15) is 59.9 Å². The van der Waals surface area contributed by atoms with Crippen LogP contribution in [0.5, 0.6) is 0 Å². The van der Waals surface area contributed by atoms with E-state index in [0.717, 1.165) is 5.56 Å². The standard InChI is InChI=1S/C23H33NO7/c1-22(2,3)19(24-21(29)31-23(4,5)6)17(25)12-16(13-18(26)27)20(28)30-14-15-10-8-7-9-11-15/h7-11,16,19H,12-14H2,1-6H3,(H,24,29)(H,26,27)/t16-,19+/m0/s1. The molecule has 0 aromatic heterocycles. The molecule has 0 heterocycles. The molecule has 0 spiro atoms. The first kappa shape index (κ1) is 26.1. The van der Waals surface area contributed by atoms with E-state index in [2.05, 4.69) is 5.32 Å². The number of hydrogen-bond acceptors (Lipinski definition) is 6. The highest BCUT2D eigenvalue weighted by molar-refractivity contribution is 5.92. The minimum atomic E-state index is -1.22. The third-order valence-electron chi connectivity index (χ3n) is 4.27. The quantitative estimate of drug-likeness (QED) is 0.567. The second-order valence-corrected chi connectivity index (χ2v) is 9.50. The van der Waals surface area contributed by atoms with Crippen molar-refractivity contribution in [2.75, 3.05) is 0 Å². The Morgan fingerprint density at radius 2 is 1.55 bits per heavy atom. The summed E-state index contributed by atoms with van der Waals surface area (Å²) >= 11 is 0. The SMILES string of the molecule is CC(C)(C)OC(=O)N[C@H](C(=O)C[C@@H](CC(=O)O)C(=O)OCc1ccccc1)C(C)(C)C. The minimum Gasteiger partial charge on any atom is -0.481 e. The third kappa shape index (κ3) is 10.1. The van der Waals surface area contributed by atoms with Gasteiger partial charge in [-0.25, -0.2) is 4.79 Å². The molecular weight excluding hydrogens is 402 g/mol. The maximum Gasteiger partial charge on any atom is 0.408 e. The second-order valence-electron chi connectivity index (χ2n) is 9.50. The maximum absolute atomic E-state index is 13.0. The van der Waals surface area contributed by atoms with Crippen LogP contribution in [0.4, 0.5) is 4.79 Å². The van der Waals surface area contributed by atoms with E-state index >= 15 is 0 Å². The molecule has 0 aliphatic rings. The van der Waals surface area contributed by atoms with E-state index in [1.165, 1.54) is 0 Å². The number of Topliss-reactive ketones (excluding diaryl/α,β-unsaturated/α-hetero) is 1. The molecule has 0 saturated carbocycles. The van der Waals surface area contributed by atoms with Crippen LogP contribution in [0.15, 0.2) is 30.3 Å². The number of aliphatic carboxylic acids is 1. The van der Waals surface area contributed by atoms with Crippen molar-refractivity contribution >= 4 is 23.8 Å². The van der Waals surface area contributed by atoms with E-state index in [1.807, 2.05) is 6.07 Å². The Bertz CT molecular complexity index is 775. The molecule has 1 rings (SSSR count). The molecule has 8 nitrogen and oxygen atoms in total. The topological polar surface area (TPSA) is 119 Å². The fraction of sp³-hybridized carbons (Fsp3) is 0.565. The molecule has 0 fully saturated rings. The van der Waals surface area contributed by atoms with E-state index in [1.54, 1.807) is 65.8 Å². The van der Waals surface area contributed by atoms with Crippen molar-refractivity contribution in [2.45, 2.75) is 72.6 Å². The summed E-state index contributed by atoms with van der Waals surface area (Å²) in [6.45, 7) is 10.3. The van der Waals surface area contributed by atoms with E-state index in [4.69, 9.17) is 9.47 Å². The molecule has 1 aromatic carbocycles. The molecule has 1 aromatic rings. The molecule has 0 saturated heterocycles. The summed E-state index contributed by atoms with van der Waals surface area (Å²) in [5, 5.41) is 11.8. The van der Waals surface area contributed by atoms with E-state index < -0.39 is 53.2 Å². The Morgan fingerprint density at radius 3 is 2.03 bits per heavy atom. The molecule has 0 radical (unpaired) electrons. The largest absolute Gasteiger partial charge is 0.481 e. The van der Waals surface area contributed by atoms with Crippen LogP contribution in [0.3, 0.4) is 0 Å². The number of alkyl carbamates (subject to hydrolysis) is 1. The van der Waals surface area contributed by atoms with Crippen molar-refractivity contribution in [3.05, 3.63) is 35.9 Å². The Morgan fingerprint density at radius 1 is 0.968 bits per heavy atom. The first-order valence-corrected chi connectivity index (χ1v) is 10.1. The lowest BCUT2D eigenvalue weighted by atomic mass is 9.81. The van der Waals surface area contributed by atoms with Gasteiger partial charge in [-0.15, -0.1) is 0 Å². The van der Waals surface area contributed by atoms with Gasteiger partial charge in [0.05, 0.1) is 18.4 Å². The minimum absolute atomic E-state index is 0.0250. The van der Waals surface area contributed by atoms with Crippen molar-refractivity contribution in [1.29, 1.82) is 0 Å². The number of ether oxygens (including phenoxy) is 2. The van der Waals surface area contributed by atoms with Gasteiger partial charge >= 0.3 is 18.0 Å². The molecule has 2 atom stereocenters. The molecule has 0 unspecified atom stereocenters. The summed E-state index contributed by atoms with van der Waals surface area (Å²) in [5.41, 5.74) is -0.686. The van der Waals surface area contributed by atoms with Gasteiger partial charge < -0.3 is 19.9 Å². The zero-order chi connectivity index (χ0) is 23.8. The summed E-state index contributed by atoms with van der Waals surface area (Å²) in [6.07, 6.45) is -1.69. The molecular formula is C23H33NO7. The van der Waals surface area contributed by atoms with Gasteiger partial charge in [-0.1, -0.05) is 51.1 Å². The van der Waals surface area contributed by atoms with Crippen LogP contribution in [0.25, 0.3) is 0 Å². The summed E-state index contributed by atoms with van der Waals surface area (Å²) in [4.78, 5) is 49.0. The van der Waals surface area contributed by atoms with Gasteiger partial charge in [0.15, 0.2) is 5.78 Å². The average Bonchev–Trinajstić information content (AvgIpc) is 2.61. The third-order valence-corrected chi connectivity index (χ3v) is 4.27. The number of ketones is 1. The highest BCUT2D eigenvalue weighted by Crippen LogP contribution is 2.24. The van der Waals surface area contributed by atoms with Crippen LogP contribution in [0.2, 0.25) is 0 Å². The highest BCUT2D eigenvalue weighted by Gasteiger charge is 2.37. The summed E-state index contributed by atoms with van der Waals surface area (Å²) in [5.74, 6) is -3.63. The highest BCUT2D eigenvalue weighted by atomic mass is 16.6. The monoisotopic (exact) mass is 435 g/mol. The number of carboxylic acids is 1. The molecule has 0 bridgehead atoms. The number of amides is 1.